The van der Waals surface area contributed by atoms with E-state index in [1.165, 1.54) is 11.1 Å². The summed E-state index contributed by atoms with van der Waals surface area (Å²) in [4.78, 5) is 11.6. The molecule has 0 saturated carbocycles. The maximum Gasteiger partial charge on any atom is 0.171 e. The molecule has 0 radical (unpaired) electrons. The van der Waals surface area contributed by atoms with Crippen molar-refractivity contribution in [3.8, 4) is 0 Å². The van der Waals surface area contributed by atoms with E-state index >= 15 is 0 Å². The second kappa shape index (κ2) is 7.68. The average molecular weight is 383 g/mol. The minimum absolute atomic E-state index is 0.368. The molecule has 2 fully saturated rings. The van der Waals surface area contributed by atoms with Crippen molar-refractivity contribution in [1.82, 2.24) is 9.97 Å². The lowest BCUT2D eigenvalue weighted by Crippen LogP contribution is -2.45. The van der Waals surface area contributed by atoms with Gasteiger partial charge in [0.25, 0.3) is 0 Å². The molecular weight excluding hydrogens is 352 g/mol. The van der Waals surface area contributed by atoms with Crippen molar-refractivity contribution in [2.75, 3.05) is 36.5 Å². The van der Waals surface area contributed by atoms with Gasteiger partial charge in [0.05, 0.1) is 13.2 Å². The van der Waals surface area contributed by atoms with Crippen molar-refractivity contribution < 1.29 is 9.47 Å². The van der Waals surface area contributed by atoms with Crippen LogP contribution in [-0.2, 0) is 9.47 Å². The molecule has 2 saturated heterocycles. The van der Waals surface area contributed by atoms with Gasteiger partial charge in [0.2, 0.25) is 0 Å². The van der Waals surface area contributed by atoms with Crippen molar-refractivity contribution in [3.63, 3.8) is 0 Å². The van der Waals surface area contributed by atoms with Crippen LogP contribution in [0.5, 0.6) is 0 Å². The maximum absolute atomic E-state index is 5.85. The molecule has 0 amide bonds. The van der Waals surface area contributed by atoms with Gasteiger partial charge in [0.15, 0.2) is 5.79 Å². The lowest BCUT2D eigenvalue weighted by Gasteiger charge is -2.38. The predicted octanol–water partition coefficient (Wildman–Crippen LogP) is 4.30. The van der Waals surface area contributed by atoms with Gasteiger partial charge >= 0.3 is 0 Å². The molecule has 28 heavy (non-hydrogen) atoms. The quantitative estimate of drug-likeness (QED) is 0.851. The Balaban J connectivity index is 1.55. The fraction of sp³-hybridized carbons (Fsp3) is 0.545. The Morgan fingerprint density at radius 1 is 1.07 bits per heavy atom. The topological polar surface area (TPSA) is 59.5 Å². The molecule has 0 aliphatic carbocycles. The highest BCUT2D eigenvalue weighted by Gasteiger charge is 2.40. The van der Waals surface area contributed by atoms with Crippen molar-refractivity contribution in [3.05, 3.63) is 41.2 Å². The van der Waals surface area contributed by atoms with Crippen LogP contribution in [0.25, 0.3) is 0 Å². The summed E-state index contributed by atoms with van der Waals surface area (Å²) in [6, 6.07) is 8.48. The summed E-state index contributed by atoms with van der Waals surface area (Å²) in [5.41, 5.74) is 3.67. The average Bonchev–Trinajstić information content (AvgIpc) is 3.11. The summed E-state index contributed by atoms with van der Waals surface area (Å²) in [6.07, 6.45) is 1.74. The molecule has 0 atom stereocenters. The van der Waals surface area contributed by atoms with Gasteiger partial charge in [0.1, 0.15) is 17.5 Å². The fourth-order valence-corrected chi connectivity index (χ4v) is 4.11. The lowest BCUT2D eigenvalue weighted by atomic mass is 9.98. The number of anilines is 3. The van der Waals surface area contributed by atoms with Gasteiger partial charge in [-0.15, -0.1) is 0 Å². The normalized spacial score (nSPS) is 18.8. The second-order valence-electron chi connectivity index (χ2n) is 8.07. The van der Waals surface area contributed by atoms with E-state index in [9.17, 15) is 0 Å². The molecule has 6 nitrogen and oxygen atoms in total. The van der Waals surface area contributed by atoms with E-state index in [1.54, 1.807) is 0 Å². The van der Waals surface area contributed by atoms with Crippen molar-refractivity contribution >= 4 is 17.3 Å². The van der Waals surface area contributed by atoms with Crippen LogP contribution >= 0.6 is 0 Å². The van der Waals surface area contributed by atoms with Gasteiger partial charge in [0, 0.05) is 37.7 Å². The zero-order chi connectivity index (χ0) is 19.7. The molecule has 6 heteroatoms. The number of aryl methyl sites for hydroxylation is 2. The number of piperidine rings is 1. The fourth-order valence-electron chi connectivity index (χ4n) is 4.11. The van der Waals surface area contributed by atoms with Crippen molar-refractivity contribution in [2.45, 2.75) is 52.2 Å². The zero-order valence-electron chi connectivity index (χ0n) is 17.3. The molecule has 2 aliphatic rings. The highest BCUT2D eigenvalue weighted by Crippen LogP contribution is 2.34. The van der Waals surface area contributed by atoms with Gasteiger partial charge in [-0.2, -0.15) is 0 Å². The van der Waals surface area contributed by atoms with Crippen LogP contribution in [0.4, 0.5) is 17.3 Å². The summed E-state index contributed by atoms with van der Waals surface area (Å²) < 4.78 is 11.7. The van der Waals surface area contributed by atoms with Crippen LogP contribution in [0.2, 0.25) is 0 Å². The first-order chi connectivity index (χ1) is 13.5. The lowest BCUT2D eigenvalue weighted by molar-refractivity contribution is -0.169. The molecule has 2 aromatic rings. The minimum atomic E-state index is -0.368. The third-order valence-corrected chi connectivity index (χ3v) is 5.67. The number of rotatable bonds is 4. The zero-order valence-corrected chi connectivity index (χ0v) is 17.3. The SMILES string of the molecule is Cc1nc(Nc2c(C)cccc2C(C)C)cc(N2CCC3(CC2)OCCO3)n1. The van der Waals surface area contributed by atoms with E-state index in [0.29, 0.717) is 19.1 Å². The summed E-state index contributed by atoms with van der Waals surface area (Å²) in [5.74, 6) is 2.64. The highest BCUT2D eigenvalue weighted by atomic mass is 16.7. The number of benzene rings is 1. The molecule has 1 aromatic carbocycles. The van der Waals surface area contributed by atoms with Crippen LogP contribution in [-0.4, -0.2) is 42.1 Å². The number of hydrogen-bond acceptors (Lipinski definition) is 6. The van der Waals surface area contributed by atoms with Gasteiger partial charge in [-0.3, -0.25) is 0 Å². The molecule has 1 aromatic heterocycles. The number of para-hydroxylation sites is 1. The molecule has 0 bridgehead atoms. The molecule has 0 unspecified atom stereocenters. The predicted molar refractivity (Wildman–Crippen MR) is 111 cm³/mol. The largest absolute Gasteiger partial charge is 0.356 e. The molecule has 150 valence electrons. The first-order valence-electron chi connectivity index (χ1n) is 10.2. The molecule has 1 N–H and O–H groups in total. The highest BCUT2D eigenvalue weighted by molar-refractivity contribution is 5.67. The van der Waals surface area contributed by atoms with Crippen LogP contribution in [0.1, 0.15) is 49.6 Å². The maximum atomic E-state index is 5.85. The van der Waals surface area contributed by atoms with E-state index in [2.05, 4.69) is 65.2 Å². The van der Waals surface area contributed by atoms with E-state index < -0.39 is 0 Å². The second-order valence-corrected chi connectivity index (χ2v) is 8.07. The number of hydrogen-bond donors (Lipinski definition) is 1. The standard InChI is InChI=1S/C22H30N4O2/c1-15(2)18-7-5-6-16(3)21(18)25-19-14-20(24-17(4)23-19)26-10-8-22(9-11-26)27-12-13-28-22/h5-7,14-15H,8-13H2,1-4H3,(H,23,24,25). The van der Waals surface area contributed by atoms with Crippen LogP contribution < -0.4 is 10.2 Å². The Hall–Kier alpha value is -2.18. The van der Waals surface area contributed by atoms with E-state index in [4.69, 9.17) is 9.47 Å². The summed E-state index contributed by atoms with van der Waals surface area (Å²) in [6.45, 7) is 11.7. The van der Waals surface area contributed by atoms with Gasteiger partial charge in [-0.05, 0) is 30.9 Å². The van der Waals surface area contributed by atoms with Crippen LogP contribution in [0, 0.1) is 13.8 Å². The molecular formula is C22H30N4O2. The monoisotopic (exact) mass is 382 g/mol. The third kappa shape index (κ3) is 3.84. The Morgan fingerprint density at radius 3 is 2.46 bits per heavy atom. The van der Waals surface area contributed by atoms with E-state index in [1.807, 2.05) is 6.92 Å². The minimum Gasteiger partial charge on any atom is -0.356 e. The van der Waals surface area contributed by atoms with Gasteiger partial charge in [-0.1, -0.05) is 32.0 Å². The summed E-state index contributed by atoms with van der Waals surface area (Å²) in [7, 11) is 0. The summed E-state index contributed by atoms with van der Waals surface area (Å²) in [5, 5.41) is 3.56. The molecule has 4 rings (SSSR count). The Bertz CT molecular complexity index is 836. The first-order valence-corrected chi connectivity index (χ1v) is 10.2. The van der Waals surface area contributed by atoms with Crippen LogP contribution in [0.15, 0.2) is 24.3 Å². The number of nitrogens with zero attached hydrogens (tertiary/aromatic N) is 3. The van der Waals surface area contributed by atoms with Gasteiger partial charge < -0.3 is 19.7 Å². The number of ether oxygens (including phenoxy) is 2. The first kappa shape index (κ1) is 19.2. The smallest absolute Gasteiger partial charge is 0.171 e. The van der Waals surface area contributed by atoms with Gasteiger partial charge in [-0.25, -0.2) is 9.97 Å². The third-order valence-electron chi connectivity index (χ3n) is 5.67. The Morgan fingerprint density at radius 2 is 1.79 bits per heavy atom. The van der Waals surface area contributed by atoms with Crippen molar-refractivity contribution in [1.29, 1.82) is 0 Å². The molecule has 1 spiro atoms. The summed E-state index contributed by atoms with van der Waals surface area (Å²) >= 11 is 0. The Kier molecular flexibility index (Phi) is 5.25. The Labute approximate surface area is 167 Å². The molecule has 2 aliphatic heterocycles. The van der Waals surface area contributed by atoms with E-state index in [0.717, 1.165) is 49.1 Å². The van der Waals surface area contributed by atoms with Crippen LogP contribution in [0.3, 0.4) is 0 Å². The van der Waals surface area contributed by atoms with E-state index in [-0.39, 0.29) is 5.79 Å². The number of nitrogens with one attached hydrogen (secondary N) is 1. The number of aromatic nitrogens is 2. The van der Waals surface area contributed by atoms with Crippen molar-refractivity contribution in [2.24, 2.45) is 0 Å². The molecule has 3 heterocycles.